The van der Waals surface area contributed by atoms with Gasteiger partial charge in [0, 0.05) is 5.39 Å². The van der Waals surface area contributed by atoms with Crippen LogP contribution in [-0.2, 0) is 0 Å². The normalized spacial score (nSPS) is 10.4. The lowest BCUT2D eigenvalue weighted by molar-refractivity contribution is 0.404. The van der Waals surface area contributed by atoms with E-state index in [1.54, 1.807) is 13.0 Å². The van der Waals surface area contributed by atoms with Crippen molar-refractivity contribution in [3.05, 3.63) is 41.0 Å². The highest BCUT2D eigenvalue weighted by molar-refractivity contribution is 5.90. The Balaban J connectivity index is 2.94. The summed E-state index contributed by atoms with van der Waals surface area (Å²) in [5.41, 5.74) is 1.67. The Morgan fingerprint density at radius 1 is 1.50 bits per heavy atom. The lowest BCUT2D eigenvalue weighted by Crippen LogP contribution is -2.07. The highest BCUT2D eigenvalue weighted by atomic mass is 16.5. The van der Waals surface area contributed by atoms with Crippen LogP contribution >= 0.6 is 0 Å². The van der Waals surface area contributed by atoms with Crippen molar-refractivity contribution < 1.29 is 9.15 Å². The third kappa shape index (κ3) is 1.58. The summed E-state index contributed by atoms with van der Waals surface area (Å²) in [7, 11) is 1.52. The monoisotopic (exact) mass is 217 g/mol. The maximum atomic E-state index is 11.3. The molecule has 0 aliphatic rings. The van der Waals surface area contributed by atoms with Crippen LogP contribution in [0.5, 0.6) is 5.75 Å². The molecule has 1 heterocycles. The number of methoxy groups -OCH3 is 1. The molecule has 4 heteroatoms. The highest BCUT2D eigenvalue weighted by Gasteiger charge is 2.11. The van der Waals surface area contributed by atoms with E-state index in [4.69, 9.17) is 9.15 Å². The Morgan fingerprint density at radius 2 is 2.25 bits per heavy atom. The van der Waals surface area contributed by atoms with Gasteiger partial charge in [0.05, 0.1) is 12.8 Å². The van der Waals surface area contributed by atoms with Crippen molar-refractivity contribution in [2.45, 2.75) is 6.92 Å². The van der Waals surface area contributed by atoms with Crippen molar-refractivity contribution in [3.63, 3.8) is 0 Å². The standard InChI is InChI=1S/C12H11NO3/c1-7(2)10-8-5-4-6-9(15-3)11(8)16-12(14)13-10/h4-6H,1H2,2-3H3. The Labute approximate surface area is 92.2 Å². The van der Waals surface area contributed by atoms with Crippen molar-refractivity contribution in [1.29, 1.82) is 0 Å². The summed E-state index contributed by atoms with van der Waals surface area (Å²) in [4.78, 5) is 15.1. The van der Waals surface area contributed by atoms with Crippen LogP contribution in [-0.4, -0.2) is 12.1 Å². The predicted molar refractivity (Wildman–Crippen MR) is 61.5 cm³/mol. The molecule has 2 aromatic rings. The summed E-state index contributed by atoms with van der Waals surface area (Å²) in [5, 5.41) is 0.728. The molecule has 0 bridgehead atoms. The fraction of sp³-hybridized carbons (Fsp3) is 0.167. The van der Waals surface area contributed by atoms with Gasteiger partial charge in [-0.25, -0.2) is 4.79 Å². The third-order valence-electron chi connectivity index (χ3n) is 2.25. The summed E-state index contributed by atoms with van der Waals surface area (Å²) >= 11 is 0. The van der Waals surface area contributed by atoms with Gasteiger partial charge in [-0.15, -0.1) is 0 Å². The molecule has 0 saturated carbocycles. The summed E-state index contributed by atoms with van der Waals surface area (Å²) in [6.07, 6.45) is 0. The number of aromatic nitrogens is 1. The molecular formula is C12H11NO3. The van der Waals surface area contributed by atoms with Crippen LogP contribution in [0.2, 0.25) is 0 Å². The van der Waals surface area contributed by atoms with Gasteiger partial charge in [-0.1, -0.05) is 12.6 Å². The maximum Gasteiger partial charge on any atom is 0.439 e. The number of rotatable bonds is 2. The smallest absolute Gasteiger partial charge is 0.439 e. The molecule has 1 aromatic carbocycles. The fourth-order valence-electron chi connectivity index (χ4n) is 1.56. The van der Waals surface area contributed by atoms with E-state index in [2.05, 4.69) is 11.6 Å². The molecule has 82 valence electrons. The largest absolute Gasteiger partial charge is 0.493 e. The van der Waals surface area contributed by atoms with Crippen molar-refractivity contribution in [3.8, 4) is 5.75 Å². The molecule has 0 fully saturated rings. The Hall–Kier alpha value is -2.10. The first-order valence-electron chi connectivity index (χ1n) is 4.77. The molecule has 0 atom stereocenters. The molecule has 0 aliphatic carbocycles. The average Bonchev–Trinajstić information content (AvgIpc) is 2.27. The first-order chi connectivity index (χ1) is 7.63. The lowest BCUT2D eigenvalue weighted by atomic mass is 10.1. The van der Waals surface area contributed by atoms with E-state index in [-0.39, 0.29) is 0 Å². The second-order valence-corrected chi connectivity index (χ2v) is 3.45. The first-order valence-corrected chi connectivity index (χ1v) is 4.77. The molecule has 4 nitrogen and oxygen atoms in total. The minimum absolute atomic E-state index is 0.406. The van der Waals surface area contributed by atoms with Gasteiger partial charge >= 0.3 is 5.76 Å². The van der Waals surface area contributed by atoms with Crippen molar-refractivity contribution >= 4 is 16.5 Å². The molecular weight excluding hydrogens is 206 g/mol. The van der Waals surface area contributed by atoms with Crippen molar-refractivity contribution in [1.82, 2.24) is 4.98 Å². The van der Waals surface area contributed by atoms with Crippen LogP contribution in [0.3, 0.4) is 0 Å². The van der Waals surface area contributed by atoms with Crippen LogP contribution in [0.15, 0.2) is 34.0 Å². The zero-order valence-corrected chi connectivity index (χ0v) is 9.11. The number of allylic oxidation sites excluding steroid dienone is 1. The van der Waals surface area contributed by atoms with Gasteiger partial charge in [0.15, 0.2) is 11.3 Å². The van der Waals surface area contributed by atoms with E-state index >= 15 is 0 Å². The van der Waals surface area contributed by atoms with Gasteiger partial charge in [0.2, 0.25) is 0 Å². The van der Waals surface area contributed by atoms with Gasteiger partial charge in [0.25, 0.3) is 0 Å². The van der Waals surface area contributed by atoms with E-state index in [1.165, 1.54) is 7.11 Å². The molecule has 16 heavy (non-hydrogen) atoms. The van der Waals surface area contributed by atoms with Gasteiger partial charge in [-0.05, 0) is 24.6 Å². The van der Waals surface area contributed by atoms with Crippen LogP contribution in [0.25, 0.3) is 16.5 Å². The molecule has 0 aliphatic heterocycles. The van der Waals surface area contributed by atoms with E-state index in [9.17, 15) is 4.79 Å². The number of nitrogens with zero attached hydrogens (tertiary/aromatic N) is 1. The van der Waals surface area contributed by atoms with Gasteiger partial charge in [0.1, 0.15) is 0 Å². The molecule has 0 unspecified atom stereocenters. The molecule has 1 aromatic heterocycles. The van der Waals surface area contributed by atoms with Crippen LogP contribution in [0.4, 0.5) is 0 Å². The average molecular weight is 217 g/mol. The zero-order valence-electron chi connectivity index (χ0n) is 9.11. The third-order valence-corrected chi connectivity index (χ3v) is 2.25. The number of hydrogen-bond acceptors (Lipinski definition) is 4. The Bertz CT molecular complexity index is 613. The summed E-state index contributed by atoms with van der Waals surface area (Å²) in [6.45, 7) is 5.58. The van der Waals surface area contributed by atoms with Gasteiger partial charge < -0.3 is 9.15 Å². The molecule has 0 saturated heterocycles. The molecule has 0 N–H and O–H groups in total. The molecule has 0 spiro atoms. The minimum atomic E-state index is -0.644. The summed E-state index contributed by atoms with van der Waals surface area (Å²) in [6, 6.07) is 5.36. The second kappa shape index (κ2) is 3.81. The topological polar surface area (TPSA) is 52.3 Å². The van der Waals surface area contributed by atoms with E-state index in [0.717, 1.165) is 5.39 Å². The van der Waals surface area contributed by atoms with E-state index in [1.807, 2.05) is 12.1 Å². The molecule has 0 amide bonds. The second-order valence-electron chi connectivity index (χ2n) is 3.45. The van der Waals surface area contributed by atoms with Crippen LogP contribution < -0.4 is 10.5 Å². The summed E-state index contributed by atoms with van der Waals surface area (Å²) in [5.74, 6) is -0.130. The zero-order chi connectivity index (χ0) is 11.7. The predicted octanol–water partition coefficient (Wildman–Crippen LogP) is 2.23. The number of ether oxygens (including phenoxy) is 1. The Kier molecular flexibility index (Phi) is 2.48. The van der Waals surface area contributed by atoms with E-state index in [0.29, 0.717) is 22.6 Å². The summed E-state index contributed by atoms with van der Waals surface area (Å²) < 4.78 is 10.2. The quantitative estimate of drug-likeness (QED) is 0.774. The van der Waals surface area contributed by atoms with Gasteiger partial charge in [-0.3, -0.25) is 0 Å². The number of benzene rings is 1. The van der Waals surface area contributed by atoms with Crippen molar-refractivity contribution in [2.75, 3.05) is 7.11 Å². The Morgan fingerprint density at radius 3 is 2.88 bits per heavy atom. The SMILES string of the molecule is C=C(C)c1nc(=O)oc2c(OC)cccc12. The maximum absolute atomic E-state index is 11.3. The molecule has 2 rings (SSSR count). The van der Waals surface area contributed by atoms with E-state index < -0.39 is 5.76 Å². The number of para-hydroxylation sites is 1. The number of hydrogen-bond donors (Lipinski definition) is 0. The molecule has 0 radical (unpaired) electrons. The number of fused-ring (bicyclic) bond motifs is 1. The van der Waals surface area contributed by atoms with Gasteiger partial charge in [-0.2, -0.15) is 4.98 Å². The minimum Gasteiger partial charge on any atom is -0.493 e. The fourth-order valence-corrected chi connectivity index (χ4v) is 1.56. The van der Waals surface area contributed by atoms with Crippen molar-refractivity contribution in [2.24, 2.45) is 0 Å². The first kappa shape index (κ1) is 10.4. The lowest BCUT2D eigenvalue weighted by Gasteiger charge is -2.06. The van der Waals surface area contributed by atoms with Crippen LogP contribution in [0, 0.1) is 0 Å². The van der Waals surface area contributed by atoms with Crippen LogP contribution in [0.1, 0.15) is 12.6 Å². The highest BCUT2D eigenvalue weighted by Crippen LogP contribution is 2.27.